The predicted octanol–water partition coefficient (Wildman–Crippen LogP) is 2.65. The molecule has 21 heavy (non-hydrogen) atoms. The second-order valence-corrected chi connectivity index (χ2v) is 5.05. The molecular weight excluding hydrogens is 266 g/mol. The van der Waals surface area contributed by atoms with Crippen LogP contribution in [0.4, 0.5) is 0 Å². The van der Waals surface area contributed by atoms with Gasteiger partial charge in [-0.15, -0.1) is 0 Å². The standard InChI is InChI=1S/C15H17N5O/c1-3-15(16,4-2)14-19-13(21-20-14)10-5-6-11-12(9-10)18-8-7-17-11/h5-9H,3-4,16H2,1-2H3. The van der Waals surface area contributed by atoms with Crippen LogP contribution in [0.15, 0.2) is 35.1 Å². The number of fused-ring (bicyclic) bond motifs is 1. The summed E-state index contributed by atoms with van der Waals surface area (Å²) in [6.45, 7) is 4.04. The number of hydrogen-bond acceptors (Lipinski definition) is 6. The molecule has 0 spiro atoms. The zero-order valence-corrected chi connectivity index (χ0v) is 12.1. The first-order valence-corrected chi connectivity index (χ1v) is 7.00. The van der Waals surface area contributed by atoms with E-state index in [-0.39, 0.29) is 0 Å². The summed E-state index contributed by atoms with van der Waals surface area (Å²) < 4.78 is 5.36. The van der Waals surface area contributed by atoms with Crippen molar-refractivity contribution in [3.8, 4) is 11.5 Å². The third-order valence-corrected chi connectivity index (χ3v) is 3.85. The van der Waals surface area contributed by atoms with Crippen LogP contribution >= 0.6 is 0 Å². The van der Waals surface area contributed by atoms with E-state index in [0.29, 0.717) is 11.7 Å². The molecule has 6 heteroatoms. The maximum atomic E-state index is 6.29. The van der Waals surface area contributed by atoms with Crippen LogP contribution in [0.1, 0.15) is 32.5 Å². The molecule has 2 aromatic heterocycles. The van der Waals surface area contributed by atoms with Gasteiger partial charge in [0.25, 0.3) is 5.89 Å². The number of benzene rings is 1. The van der Waals surface area contributed by atoms with E-state index in [9.17, 15) is 0 Å². The number of aromatic nitrogens is 4. The molecule has 0 aliphatic rings. The minimum Gasteiger partial charge on any atom is -0.334 e. The van der Waals surface area contributed by atoms with Gasteiger partial charge in [-0.1, -0.05) is 19.0 Å². The van der Waals surface area contributed by atoms with Crippen LogP contribution in [0.25, 0.3) is 22.5 Å². The lowest BCUT2D eigenvalue weighted by molar-refractivity contribution is 0.350. The average Bonchev–Trinajstić information content (AvgIpc) is 3.04. The zero-order chi connectivity index (χ0) is 14.9. The quantitative estimate of drug-likeness (QED) is 0.791. The van der Waals surface area contributed by atoms with E-state index in [1.165, 1.54) is 0 Å². The van der Waals surface area contributed by atoms with Crippen molar-refractivity contribution in [3.05, 3.63) is 36.4 Å². The summed E-state index contributed by atoms with van der Waals surface area (Å²) in [6, 6.07) is 5.66. The molecule has 108 valence electrons. The second kappa shape index (κ2) is 5.21. The molecule has 3 rings (SSSR count). The topological polar surface area (TPSA) is 90.7 Å². The molecule has 0 amide bonds. The largest absolute Gasteiger partial charge is 0.334 e. The van der Waals surface area contributed by atoms with Crippen molar-refractivity contribution in [1.29, 1.82) is 0 Å². The van der Waals surface area contributed by atoms with Gasteiger partial charge in [0.15, 0.2) is 5.82 Å². The predicted molar refractivity (Wildman–Crippen MR) is 79.3 cm³/mol. The molecule has 0 saturated carbocycles. The maximum Gasteiger partial charge on any atom is 0.258 e. The minimum atomic E-state index is -0.543. The fourth-order valence-electron chi connectivity index (χ4n) is 2.21. The molecule has 0 bridgehead atoms. The Morgan fingerprint density at radius 2 is 1.81 bits per heavy atom. The highest BCUT2D eigenvalue weighted by molar-refractivity contribution is 5.79. The van der Waals surface area contributed by atoms with Crippen LogP contribution in [-0.4, -0.2) is 20.1 Å². The average molecular weight is 283 g/mol. The first kappa shape index (κ1) is 13.6. The molecule has 2 N–H and O–H groups in total. The smallest absolute Gasteiger partial charge is 0.258 e. The molecule has 1 aromatic carbocycles. The van der Waals surface area contributed by atoms with Crippen LogP contribution < -0.4 is 5.73 Å². The Kier molecular flexibility index (Phi) is 3.39. The fraction of sp³-hybridized carbons (Fsp3) is 0.333. The highest BCUT2D eigenvalue weighted by Crippen LogP contribution is 2.26. The van der Waals surface area contributed by atoms with Crippen molar-refractivity contribution in [2.45, 2.75) is 32.2 Å². The molecule has 2 heterocycles. The van der Waals surface area contributed by atoms with Crippen LogP contribution in [-0.2, 0) is 5.54 Å². The SMILES string of the molecule is CCC(N)(CC)c1noc(-c2ccc3nccnc3c2)n1. The summed E-state index contributed by atoms with van der Waals surface area (Å²) in [4.78, 5) is 13.0. The fourth-order valence-corrected chi connectivity index (χ4v) is 2.21. The summed E-state index contributed by atoms with van der Waals surface area (Å²) in [7, 11) is 0. The van der Waals surface area contributed by atoms with Crippen LogP contribution in [0.5, 0.6) is 0 Å². The normalized spacial score (nSPS) is 12.0. The summed E-state index contributed by atoms with van der Waals surface area (Å²) in [5.74, 6) is 0.996. The minimum absolute atomic E-state index is 0.453. The first-order chi connectivity index (χ1) is 10.2. The van der Waals surface area contributed by atoms with Crippen molar-refractivity contribution in [2.75, 3.05) is 0 Å². The highest BCUT2D eigenvalue weighted by atomic mass is 16.5. The van der Waals surface area contributed by atoms with E-state index in [1.54, 1.807) is 12.4 Å². The molecule has 0 unspecified atom stereocenters. The van der Waals surface area contributed by atoms with Crippen molar-refractivity contribution in [2.24, 2.45) is 5.73 Å². The molecule has 6 nitrogen and oxygen atoms in total. The molecular formula is C15H17N5O. The van der Waals surface area contributed by atoms with Crippen LogP contribution in [0.2, 0.25) is 0 Å². The van der Waals surface area contributed by atoms with Crippen molar-refractivity contribution in [1.82, 2.24) is 20.1 Å². The van der Waals surface area contributed by atoms with Crippen LogP contribution in [0.3, 0.4) is 0 Å². The molecule has 0 saturated heterocycles. The monoisotopic (exact) mass is 283 g/mol. The molecule has 0 fully saturated rings. The van der Waals surface area contributed by atoms with Gasteiger partial charge in [-0.2, -0.15) is 4.98 Å². The van der Waals surface area contributed by atoms with Gasteiger partial charge in [0, 0.05) is 18.0 Å². The van der Waals surface area contributed by atoms with E-state index in [1.807, 2.05) is 32.0 Å². The first-order valence-electron chi connectivity index (χ1n) is 7.00. The van der Waals surface area contributed by atoms with Gasteiger partial charge in [0.1, 0.15) is 0 Å². The van der Waals surface area contributed by atoms with E-state index in [4.69, 9.17) is 10.3 Å². The Bertz CT molecular complexity index is 763. The Morgan fingerprint density at radius 1 is 1.10 bits per heavy atom. The van der Waals surface area contributed by atoms with Gasteiger partial charge in [0.2, 0.25) is 0 Å². The third kappa shape index (κ3) is 2.38. The van der Waals surface area contributed by atoms with Crippen molar-refractivity contribution < 1.29 is 4.52 Å². The van der Waals surface area contributed by atoms with E-state index in [2.05, 4.69) is 20.1 Å². The molecule has 0 atom stereocenters. The summed E-state index contributed by atoms with van der Waals surface area (Å²) >= 11 is 0. The lowest BCUT2D eigenvalue weighted by Gasteiger charge is -2.21. The molecule has 0 aliphatic heterocycles. The molecule has 0 radical (unpaired) electrons. The number of hydrogen-bond donors (Lipinski definition) is 1. The lowest BCUT2D eigenvalue weighted by atomic mass is 9.93. The van der Waals surface area contributed by atoms with Gasteiger partial charge in [-0.3, -0.25) is 9.97 Å². The number of rotatable bonds is 4. The Hall–Kier alpha value is -2.34. The number of nitrogens with two attached hydrogens (primary N) is 1. The Morgan fingerprint density at radius 3 is 2.52 bits per heavy atom. The second-order valence-electron chi connectivity index (χ2n) is 5.05. The molecule has 0 aliphatic carbocycles. The van der Waals surface area contributed by atoms with Crippen molar-refractivity contribution in [3.63, 3.8) is 0 Å². The summed E-state index contributed by atoms with van der Waals surface area (Å²) in [5.41, 5.74) is 8.19. The van der Waals surface area contributed by atoms with Crippen LogP contribution in [0, 0.1) is 0 Å². The van der Waals surface area contributed by atoms with Gasteiger partial charge in [0.05, 0.1) is 16.6 Å². The van der Waals surface area contributed by atoms with Gasteiger partial charge in [-0.05, 0) is 31.0 Å². The van der Waals surface area contributed by atoms with Crippen molar-refractivity contribution >= 4 is 11.0 Å². The Balaban J connectivity index is 2.01. The third-order valence-electron chi connectivity index (χ3n) is 3.85. The van der Waals surface area contributed by atoms with Gasteiger partial charge < -0.3 is 10.3 Å². The molecule has 3 aromatic rings. The highest BCUT2D eigenvalue weighted by Gasteiger charge is 2.29. The van der Waals surface area contributed by atoms with E-state index in [0.717, 1.165) is 29.4 Å². The summed E-state index contributed by atoms with van der Waals surface area (Å²) in [6.07, 6.45) is 4.83. The van der Waals surface area contributed by atoms with E-state index < -0.39 is 5.54 Å². The Labute approximate surface area is 122 Å². The van der Waals surface area contributed by atoms with E-state index >= 15 is 0 Å². The van der Waals surface area contributed by atoms with Gasteiger partial charge >= 0.3 is 0 Å². The maximum absolute atomic E-state index is 6.29. The lowest BCUT2D eigenvalue weighted by Crippen LogP contribution is -2.36. The number of nitrogens with zero attached hydrogens (tertiary/aromatic N) is 4. The zero-order valence-electron chi connectivity index (χ0n) is 12.1. The van der Waals surface area contributed by atoms with Gasteiger partial charge in [-0.25, -0.2) is 0 Å². The summed E-state index contributed by atoms with van der Waals surface area (Å²) in [5, 5.41) is 4.04.